The molecule has 1 saturated carbocycles. The van der Waals surface area contributed by atoms with E-state index in [4.69, 9.17) is 4.74 Å². The Labute approximate surface area is 233 Å². The van der Waals surface area contributed by atoms with E-state index in [2.05, 4.69) is 24.4 Å². The van der Waals surface area contributed by atoms with Crippen LogP contribution in [0, 0.1) is 13.8 Å². The standard InChI is InChI=1S/C34H42N2O3/c1-26-18-20-31(21-19-26)39-22-10-17-33(37)36(25-29-14-9-11-27(2)23-29)32(24-28-12-5-3-6-13-28)34(38)35-30-15-7-4-8-16-30/h3,5-6,9,11-14,18-21,23,30,32H,4,7-8,10,15-17,22,24-25H2,1-2H3,(H,35,38). The van der Waals surface area contributed by atoms with Crippen molar-refractivity contribution in [3.63, 3.8) is 0 Å². The normalized spacial score (nSPS) is 14.4. The summed E-state index contributed by atoms with van der Waals surface area (Å²) in [6.45, 7) is 4.94. The molecule has 1 aliphatic rings. The highest BCUT2D eigenvalue weighted by atomic mass is 16.5. The Balaban J connectivity index is 1.51. The van der Waals surface area contributed by atoms with Gasteiger partial charge in [0.2, 0.25) is 11.8 Å². The summed E-state index contributed by atoms with van der Waals surface area (Å²) >= 11 is 0. The van der Waals surface area contributed by atoms with E-state index in [1.165, 1.54) is 12.0 Å². The van der Waals surface area contributed by atoms with Crippen molar-refractivity contribution < 1.29 is 14.3 Å². The minimum atomic E-state index is -0.583. The lowest BCUT2D eigenvalue weighted by atomic mass is 9.94. The maximum Gasteiger partial charge on any atom is 0.243 e. The zero-order chi connectivity index (χ0) is 27.5. The van der Waals surface area contributed by atoms with E-state index in [1.54, 1.807) is 4.90 Å². The van der Waals surface area contributed by atoms with Gasteiger partial charge in [0.05, 0.1) is 6.61 Å². The summed E-state index contributed by atoms with van der Waals surface area (Å²) in [4.78, 5) is 29.4. The summed E-state index contributed by atoms with van der Waals surface area (Å²) in [6, 6.07) is 25.7. The minimum Gasteiger partial charge on any atom is -0.494 e. The zero-order valence-electron chi connectivity index (χ0n) is 23.4. The first-order valence-electron chi connectivity index (χ1n) is 14.4. The van der Waals surface area contributed by atoms with Gasteiger partial charge in [-0.1, -0.05) is 97.1 Å². The fourth-order valence-corrected chi connectivity index (χ4v) is 5.30. The average Bonchev–Trinajstić information content (AvgIpc) is 2.95. The van der Waals surface area contributed by atoms with Gasteiger partial charge in [-0.2, -0.15) is 0 Å². The van der Waals surface area contributed by atoms with Crippen molar-refractivity contribution in [2.75, 3.05) is 6.61 Å². The van der Waals surface area contributed by atoms with Crippen LogP contribution in [0.1, 0.15) is 67.2 Å². The van der Waals surface area contributed by atoms with Gasteiger partial charge in [0.15, 0.2) is 0 Å². The first-order valence-corrected chi connectivity index (χ1v) is 14.4. The molecule has 5 heteroatoms. The van der Waals surface area contributed by atoms with Crippen LogP contribution < -0.4 is 10.1 Å². The molecule has 4 rings (SSSR count). The smallest absolute Gasteiger partial charge is 0.243 e. The largest absolute Gasteiger partial charge is 0.494 e. The molecule has 39 heavy (non-hydrogen) atoms. The molecule has 0 aliphatic heterocycles. The third-order valence-electron chi connectivity index (χ3n) is 7.48. The third-order valence-corrected chi connectivity index (χ3v) is 7.48. The Morgan fingerprint density at radius 2 is 1.59 bits per heavy atom. The van der Waals surface area contributed by atoms with Gasteiger partial charge in [0.1, 0.15) is 11.8 Å². The molecule has 3 aromatic carbocycles. The third kappa shape index (κ3) is 8.98. The van der Waals surface area contributed by atoms with Crippen molar-refractivity contribution in [2.45, 2.75) is 83.8 Å². The fraction of sp³-hybridized carbons (Fsp3) is 0.412. The highest BCUT2D eigenvalue weighted by molar-refractivity contribution is 5.88. The van der Waals surface area contributed by atoms with Crippen LogP contribution in [0.5, 0.6) is 5.75 Å². The molecule has 1 unspecified atom stereocenters. The van der Waals surface area contributed by atoms with E-state index in [9.17, 15) is 9.59 Å². The highest BCUT2D eigenvalue weighted by Crippen LogP contribution is 2.21. The number of amides is 2. The number of carbonyl (C=O) groups excluding carboxylic acids is 2. The van der Waals surface area contributed by atoms with Crippen LogP contribution in [0.25, 0.3) is 0 Å². The first-order chi connectivity index (χ1) is 19.0. The number of carbonyl (C=O) groups is 2. The number of nitrogens with zero attached hydrogens (tertiary/aromatic N) is 1. The van der Waals surface area contributed by atoms with Crippen LogP contribution in [0.3, 0.4) is 0 Å². The molecule has 1 atom stereocenters. The Bertz CT molecular complexity index is 1190. The molecule has 2 amide bonds. The number of rotatable bonds is 12. The molecule has 1 N–H and O–H groups in total. The molecule has 0 heterocycles. The predicted molar refractivity (Wildman–Crippen MR) is 157 cm³/mol. The quantitative estimate of drug-likeness (QED) is 0.272. The van der Waals surface area contributed by atoms with E-state index >= 15 is 0 Å². The average molecular weight is 527 g/mol. The molecule has 0 radical (unpaired) electrons. The first kappa shape index (κ1) is 28.4. The second-order valence-corrected chi connectivity index (χ2v) is 10.8. The SMILES string of the molecule is Cc1ccc(OCCCC(=O)N(Cc2cccc(C)c2)C(Cc2ccccc2)C(=O)NC2CCCCC2)cc1. The van der Waals surface area contributed by atoms with E-state index < -0.39 is 6.04 Å². The number of ether oxygens (including phenoxy) is 1. The van der Waals surface area contributed by atoms with E-state index in [1.807, 2.05) is 73.7 Å². The van der Waals surface area contributed by atoms with Crippen molar-refractivity contribution in [3.8, 4) is 5.75 Å². The van der Waals surface area contributed by atoms with Gasteiger partial charge in [-0.05, 0) is 56.4 Å². The van der Waals surface area contributed by atoms with Crippen molar-refractivity contribution in [1.29, 1.82) is 0 Å². The monoisotopic (exact) mass is 526 g/mol. The lowest BCUT2D eigenvalue weighted by Gasteiger charge is -2.33. The summed E-state index contributed by atoms with van der Waals surface area (Å²) in [7, 11) is 0. The van der Waals surface area contributed by atoms with Crippen LogP contribution in [0.4, 0.5) is 0 Å². The number of hydrogen-bond donors (Lipinski definition) is 1. The number of nitrogens with one attached hydrogen (secondary N) is 1. The van der Waals surface area contributed by atoms with Gasteiger partial charge in [-0.25, -0.2) is 0 Å². The summed E-state index contributed by atoms with van der Waals surface area (Å²) in [5.41, 5.74) is 4.40. The van der Waals surface area contributed by atoms with Gasteiger partial charge in [0, 0.05) is 25.4 Å². The number of benzene rings is 3. The van der Waals surface area contributed by atoms with Crippen LogP contribution in [-0.4, -0.2) is 35.4 Å². The minimum absolute atomic E-state index is 0.0243. The molecule has 0 saturated heterocycles. The topological polar surface area (TPSA) is 58.6 Å². The summed E-state index contributed by atoms with van der Waals surface area (Å²) in [6.07, 6.45) is 6.90. The van der Waals surface area contributed by atoms with E-state index in [0.29, 0.717) is 32.4 Å². The van der Waals surface area contributed by atoms with Crippen LogP contribution >= 0.6 is 0 Å². The summed E-state index contributed by atoms with van der Waals surface area (Å²) in [5.74, 6) is 0.727. The maximum absolute atomic E-state index is 13.8. The molecule has 3 aromatic rings. The highest BCUT2D eigenvalue weighted by Gasteiger charge is 2.31. The Hall–Kier alpha value is -3.60. The summed E-state index contributed by atoms with van der Waals surface area (Å²) in [5, 5.41) is 3.31. The van der Waals surface area contributed by atoms with Crippen LogP contribution in [-0.2, 0) is 22.6 Å². The Kier molecular flexibility index (Phi) is 10.6. The molecule has 5 nitrogen and oxygen atoms in total. The van der Waals surface area contributed by atoms with Crippen LogP contribution in [0.15, 0.2) is 78.9 Å². The molecular weight excluding hydrogens is 484 g/mol. The van der Waals surface area contributed by atoms with Crippen LogP contribution in [0.2, 0.25) is 0 Å². The molecule has 0 bridgehead atoms. The number of hydrogen-bond acceptors (Lipinski definition) is 3. The lowest BCUT2D eigenvalue weighted by molar-refractivity contribution is -0.141. The number of aryl methyl sites for hydroxylation is 2. The second kappa shape index (κ2) is 14.5. The Morgan fingerprint density at radius 3 is 2.31 bits per heavy atom. The van der Waals surface area contributed by atoms with Gasteiger partial charge < -0.3 is 15.0 Å². The van der Waals surface area contributed by atoms with Gasteiger partial charge >= 0.3 is 0 Å². The molecule has 0 aromatic heterocycles. The molecule has 0 spiro atoms. The van der Waals surface area contributed by atoms with E-state index in [0.717, 1.165) is 48.1 Å². The van der Waals surface area contributed by atoms with Gasteiger partial charge in [-0.3, -0.25) is 9.59 Å². The summed E-state index contributed by atoms with van der Waals surface area (Å²) < 4.78 is 5.88. The molecule has 206 valence electrons. The second-order valence-electron chi connectivity index (χ2n) is 10.8. The molecule has 1 fully saturated rings. The lowest BCUT2D eigenvalue weighted by Crippen LogP contribution is -2.52. The zero-order valence-corrected chi connectivity index (χ0v) is 23.4. The predicted octanol–water partition coefficient (Wildman–Crippen LogP) is 6.55. The van der Waals surface area contributed by atoms with Gasteiger partial charge in [0.25, 0.3) is 0 Å². The molecule has 1 aliphatic carbocycles. The molecular formula is C34H42N2O3. The fourth-order valence-electron chi connectivity index (χ4n) is 5.30. The van der Waals surface area contributed by atoms with Crippen molar-refractivity contribution in [2.24, 2.45) is 0 Å². The van der Waals surface area contributed by atoms with Crippen molar-refractivity contribution in [1.82, 2.24) is 10.2 Å². The maximum atomic E-state index is 13.8. The van der Waals surface area contributed by atoms with Crippen molar-refractivity contribution in [3.05, 3.63) is 101 Å². The van der Waals surface area contributed by atoms with Crippen molar-refractivity contribution >= 4 is 11.8 Å². The Morgan fingerprint density at radius 1 is 0.872 bits per heavy atom. The van der Waals surface area contributed by atoms with E-state index in [-0.39, 0.29) is 17.9 Å². The van der Waals surface area contributed by atoms with Gasteiger partial charge in [-0.15, -0.1) is 0 Å².